The molecule has 1 aliphatic heterocycles. The van der Waals surface area contributed by atoms with E-state index in [9.17, 15) is 0 Å². The molecule has 0 spiro atoms. The summed E-state index contributed by atoms with van der Waals surface area (Å²) in [6, 6.07) is 0. The minimum Gasteiger partial charge on any atom is -0.495 e. The summed E-state index contributed by atoms with van der Waals surface area (Å²) in [5, 5.41) is 3.19. The van der Waals surface area contributed by atoms with Gasteiger partial charge in [0.25, 0.3) is 0 Å². The molecule has 1 N–H and O–H groups in total. The van der Waals surface area contributed by atoms with Crippen molar-refractivity contribution in [2.45, 2.75) is 27.7 Å². The number of rotatable bonds is 0. The van der Waals surface area contributed by atoms with Gasteiger partial charge in [-0.25, -0.2) is 0 Å². The van der Waals surface area contributed by atoms with E-state index in [1.54, 1.807) is 0 Å². The van der Waals surface area contributed by atoms with Gasteiger partial charge in [-0.3, -0.25) is 0 Å². The zero-order chi connectivity index (χ0) is 7.98. The molecule has 60 valence electrons. The topological polar surface area (TPSA) is 21.3 Å². The Balaban J connectivity index is 0.000000371. The first kappa shape index (κ1) is 9.34. The second-order valence-electron chi connectivity index (χ2n) is 1.96. The van der Waals surface area contributed by atoms with Crippen molar-refractivity contribution in [3.63, 3.8) is 0 Å². The standard InChI is InChI=1S/C6H11NO.C2H6/c1-5-6(2)8-4-3-7-5;1-2/h7H,3-4H2,1-2H3;1-2H3. The number of allylic oxidation sites excluding steroid dienone is 2. The normalized spacial score (nSPS) is 16.4. The molecular weight excluding hydrogens is 126 g/mol. The maximum Gasteiger partial charge on any atom is 0.111 e. The summed E-state index contributed by atoms with van der Waals surface area (Å²) in [5.41, 5.74) is 1.16. The van der Waals surface area contributed by atoms with Crippen LogP contribution in [0.15, 0.2) is 11.5 Å². The molecular formula is C8H17NO. The Bertz CT molecular complexity index is 104. The average Bonchev–Trinajstić information content (AvgIpc) is 2.00. The van der Waals surface area contributed by atoms with Crippen LogP contribution < -0.4 is 5.32 Å². The van der Waals surface area contributed by atoms with E-state index >= 15 is 0 Å². The van der Waals surface area contributed by atoms with Crippen LogP contribution in [0.3, 0.4) is 0 Å². The van der Waals surface area contributed by atoms with E-state index in [0.717, 1.165) is 24.6 Å². The summed E-state index contributed by atoms with van der Waals surface area (Å²) in [6.07, 6.45) is 0. The molecule has 0 aromatic rings. The first-order chi connectivity index (χ1) is 4.80. The van der Waals surface area contributed by atoms with E-state index in [-0.39, 0.29) is 0 Å². The molecule has 1 rings (SSSR count). The Hall–Kier alpha value is -0.660. The van der Waals surface area contributed by atoms with E-state index in [1.165, 1.54) is 0 Å². The van der Waals surface area contributed by atoms with E-state index in [2.05, 4.69) is 5.32 Å². The third kappa shape index (κ3) is 2.76. The molecule has 0 aromatic heterocycles. The van der Waals surface area contributed by atoms with Crippen LogP contribution in [0.25, 0.3) is 0 Å². The van der Waals surface area contributed by atoms with Crippen LogP contribution in [0.1, 0.15) is 27.7 Å². The van der Waals surface area contributed by atoms with Crippen LogP contribution in [0.2, 0.25) is 0 Å². The molecule has 0 fully saturated rings. The summed E-state index contributed by atoms with van der Waals surface area (Å²) in [4.78, 5) is 0. The zero-order valence-corrected chi connectivity index (χ0v) is 7.32. The van der Waals surface area contributed by atoms with Gasteiger partial charge >= 0.3 is 0 Å². The van der Waals surface area contributed by atoms with Crippen molar-refractivity contribution in [3.05, 3.63) is 11.5 Å². The number of hydrogen-bond donors (Lipinski definition) is 1. The third-order valence-corrected chi connectivity index (χ3v) is 1.34. The number of nitrogens with one attached hydrogen (secondary N) is 1. The summed E-state index contributed by atoms with van der Waals surface area (Å²) >= 11 is 0. The van der Waals surface area contributed by atoms with Gasteiger partial charge in [-0.05, 0) is 13.8 Å². The smallest absolute Gasteiger partial charge is 0.111 e. The molecule has 0 aromatic carbocycles. The Morgan fingerprint density at radius 2 is 1.90 bits per heavy atom. The molecule has 1 aliphatic rings. The lowest BCUT2D eigenvalue weighted by Crippen LogP contribution is -2.24. The highest BCUT2D eigenvalue weighted by Crippen LogP contribution is 2.04. The summed E-state index contributed by atoms with van der Waals surface area (Å²) in [6.45, 7) is 9.75. The van der Waals surface area contributed by atoms with Crippen LogP contribution in [-0.4, -0.2) is 13.2 Å². The van der Waals surface area contributed by atoms with Crippen LogP contribution in [-0.2, 0) is 4.74 Å². The van der Waals surface area contributed by atoms with Crippen molar-refractivity contribution in [1.82, 2.24) is 5.32 Å². The zero-order valence-electron chi connectivity index (χ0n) is 7.32. The first-order valence-corrected chi connectivity index (χ1v) is 3.85. The molecule has 0 bridgehead atoms. The molecule has 0 atom stereocenters. The molecule has 2 nitrogen and oxygen atoms in total. The highest BCUT2D eigenvalue weighted by atomic mass is 16.5. The second kappa shape index (κ2) is 5.15. The van der Waals surface area contributed by atoms with Crippen LogP contribution >= 0.6 is 0 Å². The molecule has 10 heavy (non-hydrogen) atoms. The van der Waals surface area contributed by atoms with Gasteiger partial charge in [-0.2, -0.15) is 0 Å². The monoisotopic (exact) mass is 143 g/mol. The number of ether oxygens (including phenoxy) is 1. The van der Waals surface area contributed by atoms with Crippen molar-refractivity contribution in [1.29, 1.82) is 0 Å². The van der Waals surface area contributed by atoms with Crippen molar-refractivity contribution in [3.8, 4) is 0 Å². The van der Waals surface area contributed by atoms with Crippen LogP contribution in [0.4, 0.5) is 0 Å². The number of hydrogen-bond acceptors (Lipinski definition) is 2. The maximum absolute atomic E-state index is 5.21. The summed E-state index contributed by atoms with van der Waals surface area (Å²) < 4.78 is 5.21. The van der Waals surface area contributed by atoms with E-state index in [0.29, 0.717) is 0 Å². The van der Waals surface area contributed by atoms with Gasteiger partial charge < -0.3 is 10.1 Å². The Kier molecular flexibility index (Phi) is 4.81. The molecule has 0 saturated heterocycles. The van der Waals surface area contributed by atoms with Gasteiger partial charge in [0.05, 0.1) is 0 Å². The molecule has 0 unspecified atom stereocenters. The van der Waals surface area contributed by atoms with Crippen LogP contribution in [0.5, 0.6) is 0 Å². The largest absolute Gasteiger partial charge is 0.495 e. The minimum absolute atomic E-state index is 0.809. The van der Waals surface area contributed by atoms with Gasteiger partial charge in [0.1, 0.15) is 12.4 Å². The Morgan fingerprint density at radius 1 is 1.30 bits per heavy atom. The van der Waals surface area contributed by atoms with E-state index in [1.807, 2.05) is 27.7 Å². The predicted molar refractivity (Wildman–Crippen MR) is 43.7 cm³/mol. The molecule has 0 amide bonds. The Morgan fingerprint density at radius 3 is 2.20 bits per heavy atom. The molecule has 0 radical (unpaired) electrons. The predicted octanol–water partition coefficient (Wildman–Crippen LogP) is 1.88. The van der Waals surface area contributed by atoms with Crippen molar-refractivity contribution in [2.24, 2.45) is 0 Å². The van der Waals surface area contributed by atoms with Crippen molar-refractivity contribution >= 4 is 0 Å². The first-order valence-electron chi connectivity index (χ1n) is 3.85. The fourth-order valence-electron chi connectivity index (χ4n) is 0.675. The van der Waals surface area contributed by atoms with Gasteiger partial charge in [-0.1, -0.05) is 13.8 Å². The van der Waals surface area contributed by atoms with Gasteiger partial charge in [0, 0.05) is 12.2 Å². The fourth-order valence-corrected chi connectivity index (χ4v) is 0.675. The lowest BCUT2D eigenvalue weighted by molar-refractivity contribution is 0.193. The molecule has 2 heteroatoms. The highest BCUT2D eigenvalue weighted by Gasteiger charge is 2.01. The molecule has 1 heterocycles. The molecule has 0 saturated carbocycles. The van der Waals surface area contributed by atoms with Crippen LogP contribution in [0, 0.1) is 0 Å². The van der Waals surface area contributed by atoms with Crippen molar-refractivity contribution < 1.29 is 4.74 Å². The second-order valence-corrected chi connectivity index (χ2v) is 1.96. The minimum atomic E-state index is 0.809. The van der Waals surface area contributed by atoms with Gasteiger partial charge in [-0.15, -0.1) is 0 Å². The van der Waals surface area contributed by atoms with Gasteiger partial charge in [0.2, 0.25) is 0 Å². The molecule has 0 aliphatic carbocycles. The summed E-state index contributed by atoms with van der Waals surface area (Å²) in [7, 11) is 0. The average molecular weight is 143 g/mol. The SMILES string of the molecule is CC.CC1=C(C)OCCN1. The Labute approximate surface area is 63.3 Å². The maximum atomic E-state index is 5.21. The van der Waals surface area contributed by atoms with E-state index < -0.39 is 0 Å². The highest BCUT2D eigenvalue weighted by molar-refractivity contribution is 5.02. The lowest BCUT2D eigenvalue weighted by Gasteiger charge is -2.17. The summed E-state index contributed by atoms with van der Waals surface area (Å²) in [5.74, 6) is 1.02. The van der Waals surface area contributed by atoms with Gasteiger partial charge in [0.15, 0.2) is 0 Å². The quantitative estimate of drug-likeness (QED) is 0.559. The lowest BCUT2D eigenvalue weighted by atomic mass is 10.4. The fraction of sp³-hybridized carbons (Fsp3) is 0.750. The third-order valence-electron chi connectivity index (χ3n) is 1.34. The van der Waals surface area contributed by atoms with E-state index in [4.69, 9.17) is 4.74 Å². The van der Waals surface area contributed by atoms with Crippen molar-refractivity contribution in [2.75, 3.05) is 13.2 Å².